The zero-order chi connectivity index (χ0) is 16.1. The highest BCUT2D eigenvalue weighted by Crippen LogP contribution is 2.23. The summed E-state index contributed by atoms with van der Waals surface area (Å²) in [6, 6.07) is 6.71. The van der Waals surface area contributed by atoms with E-state index in [1.54, 1.807) is 0 Å². The van der Waals surface area contributed by atoms with Crippen LogP contribution in [0.4, 0.5) is 4.79 Å². The fourth-order valence-corrected chi connectivity index (χ4v) is 2.74. The number of fused-ring (bicyclic) bond motifs is 1. The molecule has 0 aliphatic carbocycles. The minimum Gasteiger partial charge on any atom is -0.368 e. The number of nitrogens with zero attached hydrogens (tertiary/aromatic N) is 1. The zero-order valence-corrected chi connectivity index (χ0v) is 12.2. The minimum absolute atomic E-state index is 0.173. The van der Waals surface area contributed by atoms with E-state index in [4.69, 9.17) is 11.5 Å². The van der Waals surface area contributed by atoms with E-state index >= 15 is 0 Å². The summed E-state index contributed by atoms with van der Waals surface area (Å²) in [6.07, 6.45) is 1.27. The lowest BCUT2D eigenvalue weighted by molar-refractivity contribution is -0.123. The number of benzene rings is 1. The number of hydrogen-bond donors (Lipinski definition) is 3. The van der Waals surface area contributed by atoms with Crippen LogP contribution in [0.5, 0.6) is 0 Å². The van der Waals surface area contributed by atoms with Crippen molar-refractivity contribution in [2.75, 3.05) is 6.54 Å². The van der Waals surface area contributed by atoms with Crippen molar-refractivity contribution in [2.24, 2.45) is 11.5 Å². The lowest BCUT2D eigenvalue weighted by Gasteiger charge is -2.35. The van der Waals surface area contributed by atoms with Gasteiger partial charge < -0.3 is 11.5 Å². The predicted molar refractivity (Wildman–Crippen MR) is 80.5 cm³/mol. The van der Waals surface area contributed by atoms with Gasteiger partial charge in [0.2, 0.25) is 11.8 Å². The maximum Gasteiger partial charge on any atom is 0.318 e. The van der Waals surface area contributed by atoms with Gasteiger partial charge in [0.15, 0.2) is 0 Å². The van der Waals surface area contributed by atoms with Crippen molar-refractivity contribution in [3.8, 4) is 0 Å². The van der Waals surface area contributed by atoms with E-state index in [1.807, 2.05) is 34.5 Å². The summed E-state index contributed by atoms with van der Waals surface area (Å²) >= 11 is 0. The summed E-state index contributed by atoms with van der Waals surface area (Å²) in [5.74, 6) is -0.781. The Morgan fingerprint density at radius 3 is 2.50 bits per heavy atom. The molecule has 0 fully saturated rings. The Bertz CT molecular complexity index is 588. The van der Waals surface area contributed by atoms with Crippen LogP contribution in [0, 0.1) is 0 Å². The molecule has 0 saturated heterocycles. The fraction of sp³-hybridized carbons (Fsp3) is 0.400. The number of nitrogens with two attached hydrogens (primary N) is 2. The van der Waals surface area contributed by atoms with Crippen molar-refractivity contribution in [1.82, 2.24) is 10.2 Å². The average molecular weight is 304 g/mol. The van der Waals surface area contributed by atoms with E-state index < -0.39 is 11.9 Å². The molecular weight excluding hydrogens is 284 g/mol. The first kappa shape index (κ1) is 16.0. The molecule has 2 rings (SSSR count). The largest absolute Gasteiger partial charge is 0.368 e. The van der Waals surface area contributed by atoms with Crippen LogP contribution >= 0.6 is 0 Å². The topological polar surface area (TPSA) is 119 Å². The van der Waals surface area contributed by atoms with Gasteiger partial charge in [0, 0.05) is 13.0 Å². The maximum atomic E-state index is 11.7. The second-order valence-electron chi connectivity index (χ2n) is 5.38. The zero-order valence-electron chi connectivity index (χ0n) is 12.2. The molecule has 5 N–H and O–H groups in total. The number of rotatable bonds is 5. The molecule has 1 aromatic carbocycles. The van der Waals surface area contributed by atoms with Gasteiger partial charge in [-0.15, -0.1) is 0 Å². The van der Waals surface area contributed by atoms with Crippen LogP contribution in [-0.4, -0.2) is 35.3 Å². The van der Waals surface area contributed by atoms with Gasteiger partial charge in [-0.1, -0.05) is 24.3 Å². The Morgan fingerprint density at radius 2 is 1.86 bits per heavy atom. The van der Waals surface area contributed by atoms with E-state index in [0.717, 1.165) is 5.56 Å². The average Bonchev–Trinajstić information content (AvgIpc) is 2.45. The van der Waals surface area contributed by atoms with Gasteiger partial charge in [-0.2, -0.15) is 0 Å². The summed E-state index contributed by atoms with van der Waals surface area (Å²) in [4.78, 5) is 35.6. The molecule has 7 nitrogen and oxygen atoms in total. The van der Waals surface area contributed by atoms with Crippen LogP contribution < -0.4 is 16.8 Å². The second kappa shape index (κ2) is 7.04. The highest BCUT2D eigenvalue weighted by molar-refractivity contribution is 5.93. The highest BCUT2D eigenvalue weighted by Gasteiger charge is 2.29. The summed E-state index contributed by atoms with van der Waals surface area (Å²) in [5.41, 5.74) is 12.7. The first-order valence-electron chi connectivity index (χ1n) is 7.17. The number of carbonyl (C=O) groups excluding carboxylic acids is 3. The van der Waals surface area contributed by atoms with Crippen LogP contribution in [-0.2, 0) is 22.6 Å². The second-order valence-corrected chi connectivity index (χ2v) is 5.38. The standard InChI is InChI=1S/C15H20N4O3/c16-14(21)12-8-10-4-1-2-5-11(10)9-19(12)7-3-6-13(20)18-15(17)22/h1-2,4-5,12H,3,6-9H2,(H2,16,21)(H3,17,18,20,22)/t12-/m0/s1. The highest BCUT2D eigenvalue weighted by atomic mass is 16.2. The van der Waals surface area contributed by atoms with Crippen molar-refractivity contribution < 1.29 is 14.4 Å². The van der Waals surface area contributed by atoms with E-state index in [2.05, 4.69) is 0 Å². The molecule has 1 aliphatic heterocycles. The van der Waals surface area contributed by atoms with E-state index in [0.29, 0.717) is 25.9 Å². The van der Waals surface area contributed by atoms with Gasteiger partial charge in [0.1, 0.15) is 0 Å². The third-order valence-corrected chi connectivity index (χ3v) is 3.79. The van der Waals surface area contributed by atoms with Crippen molar-refractivity contribution in [2.45, 2.75) is 31.8 Å². The normalized spacial score (nSPS) is 17.5. The monoisotopic (exact) mass is 304 g/mol. The summed E-state index contributed by atoms with van der Waals surface area (Å²) in [7, 11) is 0. The van der Waals surface area contributed by atoms with Crippen LogP contribution in [0.15, 0.2) is 24.3 Å². The smallest absolute Gasteiger partial charge is 0.318 e. The van der Waals surface area contributed by atoms with Crippen molar-refractivity contribution in [3.63, 3.8) is 0 Å². The molecule has 1 aromatic rings. The summed E-state index contributed by atoms with van der Waals surface area (Å²) in [5, 5.41) is 2.02. The van der Waals surface area contributed by atoms with Gasteiger partial charge in [-0.3, -0.25) is 19.8 Å². The van der Waals surface area contributed by atoms with Gasteiger partial charge in [-0.05, 0) is 30.5 Å². The summed E-state index contributed by atoms with van der Waals surface area (Å²) in [6.45, 7) is 1.18. The quantitative estimate of drug-likeness (QED) is 0.702. The molecule has 0 unspecified atom stereocenters. The van der Waals surface area contributed by atoms with E-state index in [1.165, 1.54) is 5.56 Å². The van der Waals surface area contributed by atoms with Crippen LogP contribution in [0.2, 0.25) is 0 Å². The molecule has 1 aliphatic rings. The lowest BCUT2D eigenvalue weighted by atomic mass is 9.93. The van der Waals surface area contributed by atoms with Gasteiger partial charge in [0.25, 0.3) is 0 Å². The Labute approximate surface area is 128 Å². The Kier molecular flexibility index (Phi) is 5.11. The number of hydrogen-bond acceptors (Lipinski definition) is 4. The molecular formula is C15H20N4O3. The molecule has 1 atom stereocenters. The number of imide groups is 1. The number of nitrogens with one attached hydrogen (secondary N) is 1. The van der Waals surface area contributed by atoms with Crippen LogP contribution in [0.25, 0.3) is 0 Å². The maximum absolute atomic E-state index is 11.7. The fourth-order valence-electron chi connectivity index (χ4n) is 2.74. The third-order valence-electron chi connectivity index (χ3n) is 3.79. The first-order valence-corrected chi connectivity index (χ1v) is 7.17. The van der Waals surface area contributed by atoms with Crippen molar-refractivity contribution in [1.29, 1.82) is 0 Å². The van der Waals surface area contributed by atoms with Gasteiger partial charge >= 0.3 is 6.03 Å². The predicted octanol–water partition coefficient (Wildman–Crippen LogP) is -0.126. The molecule has 22 heavy (non-hydrogen) atoms. The molecule has 0 radical (unpaired) electrons. The molecule has 118 valence electrons. The first-order chi connectivity index (χ1) is 10.5. The molecule has 7 heteroatoms. The molecule has 0 bridgehead atoms. The number of urea groups is 1. The molecule has 0 spiro atoms. The third kappa shape index (κ3) is 4.05. The van der Waals surface area contributed by atoms with Crippen LogP contribution in [0.1, 0.15) is 24.0 Å². The number of primary amides is 2. The van der Waals surface area contributed by atoms with E-state index in [9.17, 15) is 14.4 Å². The van der Waals surface area contributed by atoms with Crippen molar-refractivity contribution in [3.05, 3.63) is 35.4 Å². The van der Waals surface area contributed by atoms with Crippen LogP contribution in [0.3, 0.4) is 0 Å². The molecule has 0 aromatic heterocycles. The SMILES string of the molecule is NC(=O)NC(=O)CCCN1Cc2ccccc2C[C@H]1C(N)=O. The molecule has 0 saturated carbocycles. The van der Waals surface area contributed by atoms with Gasteiger partial charge in [0.05, 0.1) is 6.04 Å². The van der Waals surface area contributed by atoms with Crippen molar-refractivity contribution >= 4 is 17.8 Å². The van der Waals surface area contributed by atoms with E-state index in [-0.39, 0.29) is 18.4 Å². The minimum atomic E-state index is -0.855. The Morgan fingerprint density at radius 1 is 1.18 bits per heavy atom. The lowest BCUT2D eigenvalue weighted by Crippen LogP contribution is -2.49. The Hall–Kier alpha value is -2.41. The molecule has 4 amide bonds. The van der Waals surface area contributed by atoms with Gasteiger partial charge in [-0.25, -0.2) is 4.79 Å². The molecule has 1 heterocycles. The summed E-state index contributed by atoms with van der Waals surface area (Å²) < 4.78 is 0. The number of amides is 4. The number of carbonyl (C=O) groups is 3. The Balaban J connectivity index is 1.95.